The summed E-state index contributed by atoms with van der Waals surface area (Å²) in [4.78, 5) is 20.4. The summed E-state index contributed by atoms with van der Waals surface area (Å²) in [5.74, 6) is 0.751. The highest BCUT2D eigenvalue weighted by Crippen LogP contribution is 2.38. The molecular weight excluding hydrogens is 522 g/mol. The van der Waals surface area contributed by atoms with Crippen molar-refractivity contribution < 1.29 is 17.9 Å². The van der Waals surface area contributed by atoms with E-state index >= 15 is 0 Å². The number of primary amides is 1. The molecule has 0 unspecified atom stereocenters. The second kappa shape index (κ2) is 10.4. The molecule has 7 nitrogen and oxygen atoms in total. The number of ether oxygens (including phenoxy) is 1. The van der Waals surface area contributed by atoms with Gasteiger partial charge in [0, 0.05) is 17.5 Å². The van der Waals surface area contributed by atoms with Gasteiger partial charge in [0.05, 0.1) is 38.7 Å². The van der Waals surface area contributed by atoms with E-state index in [0.717, 1.165) is 35.3 Å². The minimum absolute atomic E-state index is 0.000262. The number of para-hydroxylation sites is 1. The van der Waals surface area contributed by atoms with E-state index < -0.39 is 21.7 Å². The lowest BCUT2D eigenvalue weighted by Gasteiger charge is -2.15. The number of nitrogens with one attached hydrogen (secondary N) is 1. The molecule has 1 saturated carbocycles. The van der Waals surface area contributed by atoms with Crippen LogP contribution in [0, 0.1) is 5.92 Å². The van der Waals surface area contributed by atoms with Crippen LogP contribution in [0.2, 0.25) is 5.02 Å². The minimum atomic E-state index is -3.33. The summed E-state index contributed by atoms with van der Waals surface area (Å²) >= 11 is 6.70. The number of sulfone groups is 1. The smallest absolute Gasteiger partial charge is 0.218 e. The van der Waals surface area contributed by atoms with E-state index in [0.29, 0.717) is 21.9 Å². The maximum Gasteiger partial charge on any atom is 0.218 e. The highest BCUT2D eigenvalue weighted by molar-refractivity contribution is 7.91. The third kappa shape index (κ3) is 5.71. The van der Waals surface area contributed by atoms with E-state index in [1.807, 2.05) is 50.2 Å². The molecule has 4 aromatic rings. The molecular formula is C29H30ClN3O4S. The molecule has 9 heteroatoms. The number of aromatic amines is 1. The predicted molar refractivity (Wildman–Crippen MR) is 149 cm³/mol. The van der Waals surface area contributed by atoms with Crippen molar-refractivity contribution in [3.8, 4) is 16.9 Å². The molecule has 1 aromatic heterocycles. The van der Waals surface area contributed by atoms with Crippen molar-refractivity contribution in [3.63, 3.8) is 0 Å². The first-order valence-corrected chi connectivity index (χ1v) is 14.7. The van der Waals surface area contributed by atoms with Gasteiger partial charge in [-0.05, 0) is 68.5 Å². The largest absolute Gasteiger partial charge is 0.490 e. The molecule has 0 saturated heterocycles. The summed E-state index contributed by atoms with van der Waals surface area (Å²) in [5, 5.41) is 0.532. The minimum Gasteiger partial charge on any atom is -0.490 e. The summed E-state index contributed by atoms with van der Waals surface area (Å²) in [6, 6.07) is 18.1. The molecule has 0 aliphatic heterocycles. The highest BCUT2D eigenvalue weighted by Gasteiger charge is 2.29. The highest BCUT2D eigenvalue weighted by atomic mass is 35.5. The van der Waals surface area contributed by atoms with Crippen molar-refractivity contribution in [2.45, 2.75) is 50.0 Å². The Morgan fingerprint density at radius 1 is 1.11 bits per heavy atom. The number of nitrogens with two attached hydrogens (primary N) is 1. The first-order valence-electron chi connectivity index (χ1n) is 12.7. The number of hydrogen-bond acceptors (Lipinski definition) is 5. The third-order valence-electron chi connectivity index (χ3n) is 6.66. The Hall–Kier alpha value is -3.36. The number of halogens is 1. The van der Waals surface area contributed by atoms with Gasteiger partial charge in [-0.2, -0.15) is 0 Å². The molecule has 3 aromatic carbocycles. The Morgan fingerprint density at radius 3 is 2.47 bits per heavy atom. The molecule has 1 atom stereocenters. The fourth-order valence-electron chi connectivity index (χ4n) is 4.64. The van der Waals surface area contributed by atoms with Crippen LogP contribution >= 0.6 is 11.6 Å². The van der Waals surface area contributed by atoms with E-state index in [1.165, 1.54) is 0 Å². The maximum absolute atomic E-state index is 12.7. The van der Waals surface area contributed by atoms with Crippen LogP contribution in [0.15, 0.2) is 65.6 Å². The lowest BCUT2D eigenvalue weighted by molar-refractivity contribution is -0.118. The molecule has 1 aliphatic carbocycles. The van der Waals surface area contributed by atoms with E-state index in [9.17, 15) is 13.2 Å². The SMILES string of the molecule is CC(C)Oc1ccccc1-c1cc2nc([C@@H](CC(N)=O)c3ccc(S(=O)(=O)CC4CC4)cc3)[nH]c2cc1Cl. The van der Waals surface area contributed by atoms with Gasteiger partial charge in [-0.25, -0.2) is 13.4 Å². The van der Waals surface area contributed by atoms with Crippen LogP contribution in [-0.4, -0.2) is 36.1 Å². The van der Waals surface area contributed by atoms with Gasteiger partial charge < -0.3 is 15.5 Å². The van der Waals surface area contributed by atoms with Crippen molar-refractivity contribution in [3.05, 3.63) is 77.1 Å². The van der Waals surface area contributed by atoms with E-state index in [1.54, 1.807) is 24.3 Å². The van der Waals surface area contributed by atoms with Gasteiger partial charge in [-0.1, -0.05) is 41.9 Å². The average Bonchev–Trinajstić information content (AvgIpc) is 3.57. The molecule has 198 valence electrons. The van der Waals surface area contributed by atoms with Crippen molar-refractivity contribution in [2.24, 2.45) is 11.7 Å². The number of aromatic nitrogens is 2. The number of carbonyl (C=O) groups is 1. The number of imidazole rings is 1. The van der Waals surface area contributed by atoms with E-state index in [4.69, 9.17) is 27.1 Å². The fraction of sp³-hybridized carbons (Fsp3) is 0.310. The van der Waals surface area contributed by atoms with Gasteiger partial charge in [0.2, 0.25) is 5.91 Å². The average molecular weight is 552 g/mol. The lowest BCUT2D eigenvalue weighted by Crippen LogP contribution is -2.17. The van der Waals surface area contributed by atoms with Crippen LogP contribution in [0.25, 0.3) is 22.2 Å². The first-order chi connectivity index (χ1) is 18.1. The topological polar surface area (TPSA) is 115 Å². The number of nitrogens with zero attached hydrogens (tertiary/aromatic N) is 1. The van der Waals surface area contributed by atoms with Gasteiger partial charge in [0.25, 0.3) is 0 Å². The van der Waals surface area contributed by atoms with Crippen molar-refractivity contribution in [1.82, 2.24) is 9.97 Å². The predicted octanol–water partition coefficient (Wildman–Crippen LogP) is 5.86. The molecule has 0 bridgehead atoms. The zero-order valence-electron chi connectivity index (χ0n) is 21.3. The quantitative estimate of drug-likeness (QED) is 0.256. The van der Waals surface area contributed by atoms with Gasteiger partial charge in [-0.3, -0.25) is 4.79 Å². The molecule has 1 heterocycles. The van der Waals surface area contributed by atoms with Crippen LogP contribution in [0.4, 0.5) is 0 Å². The second-order valence-electron chi connectivity index (χ2n) is 10.2. The van der Waals surface area contributed by atoms with Crippen LogP contribution in [-0.2, 0) is 14.6 Å². The standard InChI is InChI=1S/C29H30ClN3O4S/c1-17(2)37-27-6-4-3-5-21(27)23-13-25-26(15-24(23)30)33-29(32-25)22(14-28(31)34)19-9-11-20(12-10-19)38(35,36)16-18-7-8-18/h3-6,9-13,15,17-18,22H,7-8,14,16H2,1-2H3,(H2,31,34)(H,32,33)/t22-/m0/s1. The van der Waals surface area contributed by atoms with Gasteiger partial charge in [0.15, 0.2) is 9.84 Å². The maximum atomic E-state index is 12.7. The van der Waals surface area contributed by atoms with Crippen LogP contribution < -0.4 is 10.5 Å². The van der Waals surface area contributed by atoms with Crippen molar-refractivity contribution in [1.29, 1.82) is 0 Å². The Bertz CT molecular complexity index is 1590. The van der Waals surface area contributed by atoms with Crippen LogP contribution in [0.5, 0.6) is 5.75 Å². The van der Waals surface area contributed by atoms with Crippen LogP contribution in [0.1, 0.15) is 50.4 Å². The Morgan fingerprint density at radius 2 is 1.82 bits per heavy atom. The molecule has 1 amide bonds. The number of H-pyrrole nitrogens is 1. The number of rotatable bonds is 10. The summed E-state index contributed by atoms with van der Waals surface area (Å²) in [6.07, 6.45) is 1.94. The van der Waals surface area contributed by atoms with Crippen molar-refractivity contribution >= 4 is 38.4 Å². The van der Waals surface area contributed by atoms with E-state index in [-0.39, 0.29) is 29.1 Å². The molecule has 0 spiro atoms. The van der Waals surface area contributed by atoms with Gasteiger partial charge in [-0.15, -0.1) is 0 Å². The fourth-order valence-corrected chi connectivity index (χ4v) is 6.60. The summed E-state index contributed by atoms with van der Waals surface area (Å²) < 4.78 is 31.3. The molecule has 1 fully saturated rings. The summed E-state index contributed by atoms with van der Waals surface area (Å²) in [7, 11) is -3.33. The molecule has 1 aliphatic rings. The van der Waals surface area contributed by atoms with Gasteiger partial charge >= 0.3 is 0 Å². The Kier molecular flexibility index (Phi) is 7.20. The number of benzene rings is 3. The Labute approximate surface area is 227 Å². The lowest BCUT2D eigenvalue weighted by atomic mass is 9.95. The number of amides is 1. The van der Waals surface area contributed by atoms with Gasteiger partial charge in [0.1, 0.15) is 11.6 Å². The van der Waals surface area contributed by atoms with Crippen molar-refractivity contribution in [2.75, 3.05) is 5.75 Å². The summed E-state index contributed by atoms with van der Waals surface area (Å²) in [6.45, 7) is 3.94. The third-order valence-corrected chi connectivity index (χ3v) is 8.87. The number of fused-ring (bicyclic) bond motifs is 1. The molecule has 38 heavy (non-hydrogen) atoms. The molecule has 5 rings (SSSR count). The number of hydrogen-bond donors (Lipinski definition) is 2. The number of carbonyl (C=O) groups excluding carboxylic acids is 1. The molecule has 0 radical (unpaired) electrons. The first kappa shape index (κ1) is 26.3. The zero-order valence-corrected chi connectivity index (χ0v) is 22.9. The van der Waals surface area contributed by atoms with E-state index in [2.05, 4.69) is 4.98 Å². The zero-order chi connectivity index (χ0) is 27.0. The summed E-state index contributed by atoms with van der Waals surface area (Å²) in [5.41, 5.74) is 9.37. The Balaban J connectivity index is 1.51. The molecule has 3 N–H and O–H groups in total. The van der Waals surface area contributed by atoms with Crippen LogP contribution in [0.3, 0.4) is 0 Å². The second-order valence-corrected chi connectivity index (χ2v) is 12.6. The normalized spacial score (nSPS) is 14.6. The monoisotopic (exact) mass is 551 g/mol.